The summed E-state index contributed by atoms with van der Waals surface area (Å²) in [6.07, 6.45) is -0.180. The van der Waals surface area contributed by atoms with Crippen LogP contribution in [0.3, 0.4) is 0 Å². The lowest BCUT2D eigenvalue weighted by atomic mass is 9.96. The third kappa shape index (κ3) is 6.44. The van der Waals surface area contributed by atoms with Crippen molar-refractivity contribution >= 4 is 40.6 Å². The number of fused-ring (bicyclic) bond motifs is 1. The van der Waals surface area contributed by atoms with E-state index in [9.17, 15) is 28.3 Å². The molecule has 1 aliphatic rings. The summed E-state index contributed by atoms with van der Waals surface area (Å²) in [6.45, 7) is 4.96. The van der Waals surface area contributed by atoms with Crippen LogP contribution in [-0.2, 0) is 31.6 Å². The van der Waals surface area contributed by atoms with Gasteiger partial charge >= 0.3 is 23.5 Å². The maximum atomic E-state index is 12.0. The van der Waals surface area contributed by atoms with Gasteiger partial charge in [0.2, 0.25) is 5.95 Å². The van der Waals surface area contributed by atoms with E-state index < -0.39 is 48.0 Å². The van der Waals surface area contributed by atoms with Crippen molar-refractivity contribution in [3.63, 3.8) is 0 Å². The molecule has 0 radical (unpaired) electrons. The van der Waals surface area contributed by atoms with Crippen LogP contribution >= 0.6 is 23.5 Å². The number of aromatic amines is 1. The Morgan fingerprint density at radius 3 is 2.58 bits per heavy atom. The van der Waals surface area contributed by atoms with E-state index in [0.29, 0.717) is 5.57 Å². The summed E-state index contributed by atoms with van der Waals surface area (Å²) >= 11 is 0. The minimum absolute atomic E-state index is 0.00461. The summed E-state index contributed by atoms with van der Waals surface area (Å²) < 4.78 is 53.3. The van der Waals surface area contributed by atoms with Crippen LogP contribution in [0.5, 0.6) is 0 Å². The SMILES string of the molecule is C=C(C)C1CC(COP(=O)(O)OP(=O)(O)OP(=O)(O)O)OC1n1cnc2c(=O)[nH]c(N)nc21. The highest BCUT2D eigenvalue weighted by atomic mass is 31.3. The Morgan fingerprint density at radius 2 is 1.97 bits per heavy atom. The number of ether oxygens (including phenoxy) is 1. The quantitative estimate of drug-likeness (QED) is 0.190. The average molecular weight is 531 g/mol. The normalized spacial score (nSPS) is 25.1. The first kappa shape index (κ1) is 25.9. The number of hydrogen-bond acceptors (Lipinski definition) is 11. The smallest absolute Gasteiger partial charge is 0.369 e. The Labute approximate surface area is 184 Å². The van der Waals surface area contributed by atoms with Gasteiger partial charge in [-0.1, -0.05) is 12.2 Å². The summed E-state index contributed by atoms with van der Waals surface area (Å²) in [4.78, 5) is 58.3. The number of nitrogens with one attached hydrogen (secondary N) is 1. The molecular weight excluding hydrogens is 511 g/mol. The molecule has 2 aromatic rings. The number of H-pyrrole nitrogens is 1. The zero-order valence-electron chi connectivity index (χ0n) is 16.7. The fourth-order valence-corrected chi connectivity index (χ4v) is 6.22. The summed E-state index contributed by atoms with van der Waals surface area (Å²) in [5, 5.41) is 0. The molecule has 5 atom stereocenters. The van der Waals surface area contributed by atoms with Crippen molar-refractivity contribution in [3.05, 3.63) is 28.8 Å². The molecule has 0 spiro atoms. The first-order valence-electron chi connectivity index (χ1n) is 8.88. The predicted molar refractivity (Wildman–Crippen MR) is 109 cm³/mol. The van der Waals surface area contributed by atoms with Crippen molar-refractivity contribution in [2.45, 2.75) is 25.7 Å². The summed E-state index contributed by atoms with van der Waals surface area (Å²) in [6, 6.07) is 0. The average Bonchev–Trinajstić information content (AvgIpc) is 3.20. The molecular formula is C13H20N5O12P3. The number of rotatable bonds is 9. The van der Waals surface area contributed by atoms with Crippen LogP contribution in [0.1, 0.15) is 19.6 Å². The third-order valence-electron chi connectivity index (χ3n) is 4.39. The largest absolute Gasteiger partial charge is 0.490 e. The highest BCUT2D eigenvalue weighted by molar-refractivity contribution is 7.66. The van der Waals surface area contributed by atoms with Crippen molar-refractivity contribution in [1.29, 1.82) is 0 Å². The third-order valence-corrected chi connectivity index (χ3v) is 8.19. The number of phosphoric acid groups is 3. The van der Waals surface area contributed by atoms with Gasteiger partial charge in [-0.2, -0.15) is 13.6 Å². The van der Waals surface area contributed by atoms with Gasteiger partial charge in [0.25, 0.3) is 5.56 Å². The Hall–Kier alpha value is -1.74. The lowest BCUT2D eigenvalue weighted by Crippen LogP contribution is -2.19. The van der Waals surface area contributed by atoms with E-state index in [1.807, 2.05) is 0 Å². The van der Waals surface area contributed by atoms with Gasteiger partial charge in [-0.15, -0.1) is 0 Å². The first-order valence-corrected chi connectivity index (χ1v) is 13.4. The highest BCUT2D eigenvalue weighted by Crippen LogP contribution is 2.66. The van der Waals surface area contributed by atoms with Gasteiger partial charge in [-0.3, -0.25) is 18.9 Å². The number of hydrogen-bond donors (Lipinski definition) is 6. The molecule has 7 N–H and O–H groups in total. The molecule has 0 amide bonds. The summed E-state index contributed by atoms with van der Waals surface area (Å²) in [5.74, 6) is -0.539. The van der Waals surface area contributed by atoms with Crippen molar-refractivity contribution in [2.24, 2.45) is 5.92 Å². The van der Waals surface area contributed by atoms with Gasteiger partial charge < -0.3 is 30.0 Å². The molecule has 184 valence electrons. The van der Waals surface area contributed by atoms with Crippen molar-refractivity contribution in [2.75, 3.05) is 12.3 Å². The highest BCUT2D eigenvalue weighted by Gasteiger charge is 2.43. The van der Waals surface area contributed by atoms with Gasteiger partial charge in [-0.25, -0.2) is 18.7 Å². The summed E-state index contributed by atoms with van der Waals surface area (Å²) in [7, 11) is -16.4. The molecule has 1 fully saturated rings. The lowest BCUT2D eigenvalue weighted by Gasteiger charge is -2.20. The van der Waals surface area contributed by atoms with Crippen LogP contribution in [0, 0.1) is 5.92 Å². The molecule has 20 heteroatoms. The zero-order chi connectivity index (χ0) is 24.8. The van der Waals surface area contributed by atoms with E-state index >= 15 is 0 Å². The second-order valence-corrected chi connectivity index (χ2v) is 11.4. The van der Waals surface area contributed by atoms with Gasteiger partial charge in [0.15, 0.2) is 11.2 Å². The second kappa shape index (κ2) is 9.13. The molecule has 1 saturated heterocycles. The topological polar surface area (TPSA) is 259 Å². The number of nitrogens with two attached hydrogens (primary N) is 1. The fraction of sp³-hybridized carbons (Fsp3) is 0.462. The summed E-state index contributed by atoms with van der Waals surface area (Å²) in [5.41, 5.74) is 5.82. The van der Waals surface area contributed by atoms with Crippen LogP contribution in [0.15, 0.2) is 23.3 Å². The molecule has 0 bridgehead atoms. The number of aromatic nitrogens is 4. The van der Waals surface area contributed by atoms with E-state index in [1.165, 1.54) is 10.9 Å². The van der Waals surface area contributed by atoms with Crippen molar-refractivity contribution < 1.29 is 51.2 Å². The van der Waals surface area contributed by atoms with Crippen molar-refractivity contribution in [1.82, 2.24) is 19.5 Å². The van der Waals surface area contributed by atoms with Crippen LogP contribution in [0.25, 0.3) is 11.2 Å². The number of phosphoric ester groups is 1. The van der Waals surface area contributed by atoms with Crippen LogP contribution in [0.2, 0.25) is 0 Å². The molecule has 33 heavy (non-hydrogen) atoms. The first-order chi connectivity index (χ1) is 15.1. The van der Waals surface area contributed by atoms with Crippen LogP contribution in [-0.4, -0.2) is 51.8 Å². The number of imidazole rings is 1. The molecule has 17 nitrogen and oxygen atoms in total. The maximum absolute atomic E-state index is 12.0. The molecule has 0 aliphatic carbocycles. The minimum Gasteiger partial charge on any atom is -0.369 e. The van der Waals surface area contributed by atoms with E-state index in [-0.39, 0.29) is 29.5 Å². The van der Waals surface area contributed by atoms with Crippen LogP contribution in [0.4, 0.5) is 5.95 Å². The molecule has 1 aliphatic heterocycles. The minimum atomic E-state index is -5.63. The van der Waals surface area contributed by atoms with E-state index in [1.54, 1.807) is 6.92 Å². The maximum Gasteiger partial charge on any atom is 0.490 e. The molecule has 2 aromatic heterocycles. The fourth-order valence-electron chi connectivity index (χ4n) is 3.17. The monoisotopic (exact) mass is 531 g/mol. The van der Waals surface area contributed by atoms with Crippen molar-refractivity contribution in [3.8, 4) is 0 Å². The molecule has 5 unspecified atom stereocenters. The standard InChI is InChI=1S/C13H20N5O12P3/c1-6(2)8-3-7(4-27-32(23,24)30-33(25,26)29-31(20,21)22)28-12(8)18-5-15-9-10(18)16-13(14)17-11(9)19/h5,7-8,12H,1,3-4H2,2H3,(H,23,24)(H,25,26)(H2,20,21,22)(H3,14,16,17,19). The lowest BCUT2D eigenvalue weighted by molar-refractivity contribution is -0.0275. The number of anilines is 1. The van der Waals surface area contributed by atoms with E-state index in [2.05, 4.69) is 34.7 Å². The molecule has 0 saturated carbocycles. The Kier molecular flexibility index (Phi) is 7.16. The molecule has 3 rings (SSSR count). The number of nitrogens with zero attached hydrogens (tertiary/aromatic N) is 3. The number of nitrogen functional groups attached to an aromatic ring is 1. The predicted octanol–water partition coefficient (Wildman–Crippen LogP) is 0.525. The molecule has 3 heterocycles. The van der Waals surface area contributed by atoms with Gasteiger partial charge in [0, 0.05) is 5.92 Å². The van der Waals surface area contributed by atoms with E-state index in [4.69, 9.17) is 20.3 Å². The van der Waals surface area contributed by atoms with E-state index in [0.717, 1.165) is 0 Å². The Bertz CT molecular complexity index is 1270. The Morgan fingerprint density at radius 1 is 1.30 bits per heavy atom. The molecule has 0 aromatic carbocycles. The van der Waals surface area contributed by atoms with Gasteiger partial charge in [-0.05, 0) is 13.3 Å². The zero-order valence-corrected chi connectivity index (χ0v) is 19.4. The van der Waals surface area contributed by atoms with Gasteiger partial charge in [0.1, 0.15) is 6.23 Å². The Balaban J connectivity index is 1.75. The van der Waals surface area contributed by atoms with Gasteiger partial charge in [0.05, 0.1) is 19.0 Å². The second-order valence-electron chi connectivity index (χ2n) is 7.00. The van der Waals surface area contributed by atoms with Crippen LogP contribution < -0.4 is 11.3 Å².